The SMILES string of the molecule is CCOc1ccc(NC(=O)[C@H]2[C@@H]3SC4(CC3Br)C(C(=O)Nc3ccccc3Cl)N([C@H](C)CO)C(=O)[C@H]24)cc1. The zero-order chi connectivity index (χ0) is 27.2. The molecule has 0 saturated carbocycles. The van der Waals surface area contributed by atoms with Gasteiger partial charge in [0.1, 0.15) is 11.8 Å². The quantitative estimate of drug-likeness (QED) is 0.382. The summed E-state index contributed by atoms with van der Waals surface area (Å²) in [6.45, 7) is 3.85. The highest BCUT2D eigenvalue weighted by Gasteiger charge is 2.76. The third kappa shape index (κ3) is 4.49. The first kappa shape index (κ1) is 27.3. The Kier molecular flexibility index (Phi) is 7.70. The molecule has 3 fully saturated rings. The summed E-state index contributed by atoms with van der Waals surface area (Å²) in [7, 11) is 0. The van der Waals surface area contributed by atoms with E-state index in [1.165, 1.54) is 16.7 Å². The predicted octanol–water partition coefficient (Wildman–Crippen LogP) is 4.16. The molecule has 2 aromatic carbocycles. The fourth-order valence-electron chi connectivity index (χ4n) is 6.02. The van der Waals surface area contributed by atoms with Crippen LogP contribution in [-0.4, -0.2) is 67.8 Å². The third-order valence-electron chi connectivity index (χ3n) is 7.58. The molecule has 11 heteroatoms. The van der Waals surface area contributed by atoms with Crippen LogP contribution >= 0.6 is 39.3 Å². The van der Waals surface area contributed by atoms with Gasteiger partial charge in [-0.1, -0.05) is 39.7 Å². The van der Waals surface area contributed by atoms with Crippen molar-refractivity contribution in [2.75, 3.05) is 23.8 Å². The number of aliphatic hydroxyl groups excluding tert-OH is 1. The highest BCUT2D eigenvalue weighted by Crippen LogP contribution is 2.68. The van der Waals surface area contributed by atoms with Crippen molar-refractivity contribution < 1.29 is 24.2 Å². The lowest BCUT2D eigenvalue weighted by Gasteiger charge is -2.36. The van der Waals surface area contributed by atoms with Gasteiger partial charge in [-0.2, -0.15) is 0 Å². The average Bonchev–Trinajstić information content (AvgIpc) is 3.49. The minimum Gasteiger partial charge on any atom is -0.494 e. The number of hydrogen-bond acceptors (Lipinski definition) is 6. The summed E-state index contributed by atoms with van der Waals surface area (Å²) in [6.07, 6.45) is 0.542. The number of para-hydroxylation sites is 1. The molecule has 3 N–H and O–H groups in total. The number of rotatable bonds is 8. The maximum absolute atomic E-state index is 14.0. The molecule has 8 nitrogen and oxygen atoms in total. The Morgan fingerprint density at radius 1 is 1.21 bits per heavy atom. The van der Waals surface area contributed by atoms with Crippen LogP contribution in [0.4, 0.5) is 11.4 Å². The number of nitrogens with zero attached hydrogens (tertiary/aromatic N) is 1. The van der Waals surface area contributed by atoms with E-state index in [0.29, 0.717) is 35.2 Å². The molecule has 3 aliphatic rings. The van der Waals surface area contributed by atoms with Gasteiger partial charge in [-0.25, -0.2) is 0 Å². The first-order chi connectivity index (χ1) is 18.2. The second kappa shape index (κ2) is 10.7. The van der Waals surface area contributed by atoms with Gasteiger partial charge in [0, 0.05) is 15.8 Å². The summed E-state index contributed by atoms with van der Waals surface area (Å²) in [5.74, 6) is -1.58. The molecule has 7 atom stereocenters. The van der Waals surface area contributed by atoms with Crippen LogP contribution in [0.2, 0.25) is 5.02 Å². The standard InChI is InChI=1S/C27H29BrClN3O5S/c1-3-37-16-10-8-15(9-11-16)30-24(34)20-21-26(36)32(14(2)13-33)23(27(21)12-17(28)22(20)38-27)25(35)31-19-7-5-4-6-18(19)29/h4-11,14,17,20-23,33H,3,12-13H2,1-2H3,(H,30,34)(H,31,35)/t14-,17?,20-,21+,22-,23?,27?/m1/s1. The number of nitrogens with one attached hydrogen (secondary N) is 2. The number of fused-ring (bicyclic) bond motifs is 1. The van der Waals surface area contributed by atoms with E-state index in [4.69, 9.17) is 16.3 Å². The highest BCUT2D eigenvalue weighted by molar-refractivity contribution is 9.09. The zero-order valence-electron chi connectivity index (χ0n) is 20.9. The largest absolute Gasteiger partial charge is 0.494 e. The molecular weight excluding hydrogens is 594 g/mol. The lowest BCUT2D eigenvalue weighted by atomic mass is 9.70. The van der Waals surface area contributed by atoms with Crippen LogP contribution in [0.5, 0.6) is 5.75 Å². The molecule has 0 radical (unpaired) electrons. The molecule has 0 aromatic heterocycles. The molecule has 3 amide bonds. The molecule has 0 aliphatic carbocycles. The summed E-state index contributed by atoms with van der Waals surface area (Å²) in [4.78, 5) is 42.9. The van der Waals surface area contributed by atoms with Crippen LogP contribution in [0.1, 0.15) is 20.3 Å². The topological polar surface area (TPSA) is 108 Å². The van der Waals surface area contributed by atoms with E-state index in [-0.39, 0.29) is 34.4 Å². The summed E-state index contributed by atoms with van der Waals surface area (Å²) in [6, 6.07) is 12.5. The number of anilines is 2. The molecule has 2 bridgehead atoms. The van der Waals surface area contributed by atoms with Crippen molar-refractivity contribution in [3.8, 4) is 5.75 Å². The number of carbonyl (C=O) groups excluding carboxylic acids is 3. The van der Waals surface area contributed by atoms with Crippen LogP contribution in [0.25, 0.3) is 0 Å². The van der Waals surface area contributed by atoms with Gasteiger partial charge in [-0.3, -0.25) is 14.4 Å². The van der Waals surface area contributed by atoms with Gasteiger partial charge < -0.3 is 25.4 Å². The smallest absolute Gasteiger partial charge is 0.248 e. The summed E-state index contributed by atoms with van der Waals surface area (Å²) >= 11 is 11.6. The van der Waals surface area contributed by atoms with Crippen molar-refractivity contribution >= 4 is 68.4 Å². The van der Waals surface area contributed by atoms with Gasteiger partial charge in [0.2, 0.25) is 17.7 Å². The second-order valence-corrected chi connectivity index (χ2v) is 13.0. The fourth-order valence-corrected chi connectivity index (χ4v) is 9.80. The molecule has 1 spiro atoms. The third-order valence-corrected chi connectivity index (χ3v) is 11.1. The number of thioether (sulfide) groups is 1. The Balaban J connectivity index is 1.47. The lowest BCUT2D eigenvalue weighted by molar-refractivity contribution is -0.140. The van der Waals surface area contributed by atoms with Crippen molar-refractivity contribution in [1.82, 2.24) is 4.90 Å². The van der Waals surface area contributed by atoms with Gasteiger partial charge in [0.25, 0.3) is 0 Å². The molecule has 202 valence electrons. The maximum Gasteiger partial charge on any atom is 0.248 e. The van der Waals surface area contributed by atoms with Crippen molar-refractivity contribution in [1.29, 1.82) is 0 Å². The molecule has 3 heterocycles. The van der Waals surface area contributed by atoms with Crippen LogP contribution in [0.3, 0.4) is 0 Å². The van der Waals surface area contributed by atoms with Gasteiger partial charge in [0.15, 0.2) is 0 Å². The van der Waals surface area contributed by atoms with Crippen LogP contribution in [0.15, 0.2) is 48.5 Å². The zero-order valence-corrected chi connectivity index (χ0v) is 24.1. The number of alkyl halides is 1. The highest BCUT2D eigenvalue weighted by atomic mass is 79.9. The molecule has 3 unspecified atom stereocenters. The molecule has 3 saturated heterocycles. The molecule has 5 rings (SSSR count). The predicted molar refractivity (Wildman–Crippen MR) is 152 cm³/mol. The van der Waals surface area contributed by atoms with E-state index in [1.54, 1.807) is 55.5 Å². The number of carbonyl (C=O) groups is 3. The maximum atomic E-state index is 14.0. The molecule has 38 heavy (non-hydrogen) atoms. The van der Waals surface area contributed by atoms with E-state index < -0.39 is 28.7 Å². The van der Waals surface area contributed by atoms with Gasteiger partial charge in [-0.05, 0) is 56.7 Å². The Hall–Kier alpha value is -2.27. The summed E-state index contributed by atoms with van der Waals surface area (Å²) < 4.78 is 4.65. The van der Waals surface area contributed by atoms with Gasteiger partial charge >= 0.3 is 0 Å². The first-order valence-electron chi connectivity index (χ1n) is 12.6. The second-order valence-electron chi connectivity index (χ2n) is 9.86. The van der Waals surface area contributed by atoms with Crippen molar-refractivity contribution in [2.24, 2.45) is 11.8 Å². The minimum absolute atomic E-state index is 0.0624. The number of likely N-dealkylation sites (tertiary alicyclic amines) is 1. The summed E-state index contributed by atoms with van der Waals surface area (Å²) in [5, 5.41) is 16.1. The van der Waals surface area contributed by atoms with Gasteiger partial charge in [-0.15, -0.1) is 11.8 Å². The van der Waals surface area contributed by atoms with E-state index in [0.717, 1.165) is 0 Å². The number of halogens is 2. The Bertz CT molecular complexity index is 1250. The van der Waals surface area contributed by atoms with Crippen molar-refractivity contribution in [2.45, 2.75) is 47.2 Å². The summed E-state index contributed by atoms with van der Waals surface area (Å²) in [5.41, 5.74) is 1.05. The van der Waals surface area contributed by atoms with E-state index >= 15 is 0 Å². The number of aliphatic hydroxyl groups is 1. The number of ether oxygens (including phenoxy) is 1. The van der Waals surface area contributed by atoms with E-state index in [1.807, 2.05) is 6.92 Å². The normalized spacial score (nSPS) is 30.2. The average molecular weight is 623 g/mol. The van der Waals surface area contributed by atoms with Gasteiger partial charge in [0.05, 0.1) is 46.5 Å². The van der Waals surface area contributed by atoms with Crippen molar-refractivity contribution in [3.63, 3.8) is 0 Å². The fraction of sp³-hybridized carbons (Fsp3) is 0.444. The van der Waals surface area contributed by atoms with E-state index in [2.05, 4.69) is 26.6 Å². The van der Waals surface area contributed by atoms with Crippen LogP contribution in [0, 0.1) is 11.8 Å². The van der Waals surface area contributed by atoms with Crippen LogP contribution in [-0.2, 0) is 14.4 Å². The van der Waals surface area contributed by atoms with Crippen LogP contribution < -0.4 is 15.4 Å². The Morgan fingerprint density at radius 3 is 2.58 bits per heavy atom. The molecule has 2 aromatic rings. The van der Waals surface area contributed by atoms with E-state index in [9.17, 15) is 19.5 Å². The number of amides is 3. The van der Waals surface area contributed by atoms with Crippen molar-refractivity contribution in [3.05, 3.63) is 53.6 Å². The number of benzene rings is 2. The first-order valence-corrected chi connectivity index (χ1v) is 14.7. The lowest BCUT2D eigenvalue weighted by Crippen LogP contribution is -2.54. The molecule has 3 aliphatic heterocycles. The number of hydrogen-bond donors (Lipinski definition) is 3. The Morgan fingerprint density at radius 2 is 1.92 bits per heavy atom. The minimum atomic E-state index is -0.878. The molecular formula is C27H29BrClN3O5S. The Labute approximate surface area is 238 Å². The monoisotopic (exact) mass is 621 g/mol.